The van der Waals surface area contributed by atoms with Gasteiger partial charge in [0.1, 0.15) is 10.7 Å². The number of halogens is 1. The van der Waals surface area contributed by atoms with Gasteiger partial charge in [-0.15, -0.1) is 0 Å². The van der Waals surface area contributed by atoms with E-state index < -0.39 is 10.0 Å². The number of nitrogen functional groups attached to an aromatic ring is 1. The lowest BCUT2D eigenvalue weighted by Crippen LogP contribution is -2.18. The average molecular weight is 309 g/mol. The van der Waals surface area contributed by atoms with E-state index in [4.69, 9.17) is 10.9 Å². The Kier molecular flexibility index (Phi) is 4.15. The van der Waals surface area contributed by atoms with E-state index >= 15 is 0 Å². The second-order valence-corrected chi connectivity index (χ2v) is 6.28. The number of primary sulfonamides is 1. The molecule has 0 spiro atoms. The van der Waals surface area contributed by atoms with E-state index in [-0.39, 0.29) is 16.4 Å². The first-order valence-electron chi connectivity index (χ1n) is 6.15. The SMILES string of the molecule is CN(Cc1ccc(F)cc1)c1ccc(S(N)(=O)=O)c(N)c1. The summed E-state index contributed by atoms with van der Waals surface area (Å²) in [6.45, 7) is 0.536. The van der Waals surface area contributed by atoms with Gasteiger partial charge >= 0.3 is 0 Å². The van der Waals surface area contributed by atoms with Gasteiger partial charge in [-0.25, -0.2) is 17.9 Å². The Bertz CT molecular complexity index is 745. The average Bonchev–Trinajstić information content (AvgIpc) is 2.39. The van der Waals surface area contributed by atoms with Crippen molar-refractivity contribution >= 4 is 21.4 Å². The summed E-state index contributed by atoms with van der Waals surface area (Å²) in [7, 11) is -2.00. The van der Waals surface area contributed by atoms with Crippen molar-refractivity contribution in [2.24, 2.45) is 5.14 Å². The van der Waals surface area contributed by atoms with Crippen LogP contribution >= 0.6 is 0 Å². The molecule has 2 aromatic carbocycles. The fourth-order valence-corrected chi connectivity index (χ4v) is 2.63. The number of hydrogen-bond donors (Lipinski definition) is 2. The summed E-state index contributed by atoms with van der Waals surface area (Å²) in [5.74, 6) is -0.289. The van der Waals surface area contributed by atoms with Gasteiger partial charge in [0, 0.05) is 19.3 Å². The predicted octanol–water partition coefficient (Wildman–Crippen LogP) is 1.69. The van der Waals surface area contributed by atoms with E-state index in [1.807, 2.05) is 11.9 Å². The van der Waals surface area contributed by atoms with Crippen LogP contribution in [-0.2, 0) is 16.6 Å². The topological polar surface area (TPSA) is 89.4 Å². The molecule has 0 unspecified atom stereocenters. The van der Waals surface area contributed by atoms with Crippen LogP contribution in [0.1, 0.15) is 5.56 Å². The first-order chi connectivity index (χ1) is 9.77. The molecule has 0 aromatic heterocycles. The normalized spacial score (nSPS) is 11.4. The van der Waals surface area contributed by atoms with Crippen LogP contribution in [0.15, 0.2) is 47.4 Å². The molecule has 0 saturated heterocycles. The fourth-order valence-electron chi connectivity index (χ4n) is 1.99. The molecule has 0 aliphatic heterocycles. The Morgan fingerprint density at radius 2 is 1.76 bits per heavy atom. The number of hydrogen-bond acceptors (Lipinski definition) is 4. The first kappa shape index (κ1) is 15.3. The van der Waals surface area contributed by atoms with Crippen molar-refractivity contribution in [1.82, 2.24) is 0 Å². The van der Waals surface area contributed by atoms with Gasteiger partial charge in [0.2, 0.25) is 10.0 Å². The van der Waals surface area contributed by atoms with Gasteiger partial charge in [-0.3, -0.25) is 0 Å². The van der Waals surface area contributed by atoms with Gasteiger partial charge in [-0.2, -0.15) is 0 Å². The highest BCUT2D eigenvalue weighted by molar-refractivity contribution is 7.89. The maximum Gasteiger partial charge on any atom is 0.240 e. The van der Waals surface area contributed by atoms with E-state index in [9.17, 15) is 12.8 Å². The molecule has 7 heteroatoms. The number of rotatable bonds is 4. The van der Waals surface area contributed by atoms with Crippen molar-refractivity contribution in [3.63, 3.8) is 0 Å². The Labute approximate surface area is 123 Å². The molecular weight excluding hydrogens is 293 g/mol. The highest BCUT2D eigenvalue weighted by atomic mass is 32.2. The molecule has 4 N–H and O–H groups in total. The molecule has 0 atom stereocenters. The predicted molar refractivity (Wildman–Crippen MR) is 80.7 cm³/mol. The maximum absolute atomic E-state index is 12.9. The van der Waals surface area contributed by atoms with Crippen LogP contribution in [0.4, 0.5) is 15.8 Å². The van der Waals surface area contributed by atoms with Crippen LogP contribution in [0.5, 0.6) is 0 Å². The minimum Gasteiger partial charge on any atom is -0.398 e. The summed E-state index contributed by atoms with van der Waals surface area (Å²) in [5, 5.41) is 5.06. The lowest BCUT2D eigenvalue weighted by molar-refractivity contribution is 0.598. The molecule has 2 rings (SSSR count). The Hall–Kier alpha value is -2.12. The smallest absolute Gasteiger partial charge is 0.240 e. The molecule has 0 bridgehead atoms. The molecule has 0 amide bonds. The first-order valence-corrected chi connectivity index (χ1v) is 7.70. The summed E-state index contributed by atoms with van der Waals surface area (Å²) >= 11 is 0. The zero-order valence-electron chi connectivity index (χ0n) is 11.5. The number of sulfonamides is 1. The van der Waals surface area contributed by atoms with Crippen LogP contribution in [0.3, 0.4) is 0 Å². The van der Waals surface area contributed by atoms with Gasteiger partial charge < -0.3 is 10.6 Å². The van der Waals surface area contributed by atoms with Crippen LogP contribution in [0.2, 0.25) is 0 Å². The van der Waals surface area contributed by atoms with Crippen molar-refractivity contribution in [3.05, 3.63) is 53.8 Å². The summed E-state index contributed by atoms with van der Waals surface area (Å²) in [5.41, 5.74) is 7.49. The molecule has 0 radical (unpaired) electrons. The largest absolute Gasteiger partial charge is 0.398 e. The summed E-state index contributed by atoms with van der Waals surface area (Å²) < 4.78 is 35.5. The zero-order valence-corrected chi connectivity index (χ0v) is 12.3. The Balaban J connectivity index is 2.22. The van der Waals surface area contributed by atoms with Gasteiger partial charge in [0.25, 0.3) is 0 Å². The third-order valence-corrected chi connectivity index (χ3v) is 4.06. The molecule has 0 fully saturated rings. The number of nitrogens with two attached hydrogens (primary N) is 2. The third-order valence-electron chi connectivity index (χ3n) is 3.07. The van der Waals surface area contributed by atoms with Gasteiger partial charge in [0.15, 0.2) is 0 Å². The second kappa shape index (κ2) is 5.71. The van der Waals surface area contributed by atoms with Crippen molar-refractivity contribution in [2.45, 2.75) is 11.4 Å². The fraction of sp³-hybridized carbons (Fsp3) is 0.143. The number of benzene rings is 2. The van der Waals surface area contributed by atoms with Crippen molar-refractivity contribution in [3.8, 4) is 0 Å². The standard InChI is InChI=1S/C14H16FN3O2S/c1-18(9-10-2-4-11(15)5-3-10)12-6-7-14(13(16)8-12)21(17,19)20/h2-8H,9,16H2,1H3,(H2,17,19,20). The van der Waals surface area contributed by atoms with Crippen LogP contribution in [-0.4, -0.2) is 15.5 Å². The van der Waals surface area contributed by atoms with E-state index in [1.165, 1.54) is 18.2 Å². The van der Waals surface area contributed by atoms with Gasteiger partial charge in [0.05, 0.1) is 5.69 Å². The van der Waals surface area contributed by atoms with Crippen LogP contribution < -0.4 is 15.8 Å². The van der Waals surface area contributed by atoms with Crippen molar-refractivity contribution < 1.29 is 12.8 Å². The highest BCUT2D eigenvalue weighted by Crippen LogP contribution is 2.24. The quantitative estimate of drug-likeness (QED) is 0.841. The summed E-state index contributed by atoms with van der Waals surface area (Å²) in [6.07, 6.45) is 0. The van der Waals surface area contributed by atoms with E-state index in [0.717, 1.165) is 11.3 Å². The molecule has 0 heterocycles. The molecule has 0 saturated carbocycles. The maximum atomic E-state index is 12.9. The molecule has 5 nitrogen and oxygen atoms in total. The molecule has 21 heavy (non-hydrogen) atoms. The minimum atomic E-state index is -3.82. The third kappa shape index (κ3) is 3.71. The monoisotopic (exact) mass is 309 g/mol. The van der Waals surface area contributed by atoms with Crippen LogP contribution in [0, 0.1) is 5.82 Å². The van der Waals surface area contributed by atoms with E-state index in [0.29, 0.717) is 6.54 Å². The van der Waals surface area contributed by atoms with Gasteiger partial charge in [-0.1, -0.05) is 12.1 Å². The van der Waals surface area contributed by atoms with Crippen molar-refractivity contribution in [1.29, 1.82) is 0 Å². The minimum absolute atomic E-state index is 0.0959. The summed E-state index contributed by atoms with van der Waals surface area (Å²) in [4.78, 5) is 1.78. The highest BCUT2D eigenvalue weighted by Gasteiger charge is 2.13. The lowest BCUT2D eigenvalue weighted by Gasteiger charge is -2.20. The Morgan fingerprint density at radius 3 is 2.29 bits per heavy atom. The van der Waals surface area contributed by atoms with Gasteiger partial charge in [-0.05, 0) is 35.9 Å². The number of nitrogens with zero attached hydrogens (tertiary/aromatic N) is 1. The number of anilines is 2. The Morgan fingerprint density at radius 1 is 1.14 bits per heavy atom. The molecule has 0 aliphatic rings. The molecular formula is C14H16FN3O2S. The summed E-state index contributed by atoms with van der Waals surface area (Å²) in [6, 6.07) is 10.7. The van der Waals surface area contributed by atoms with Crippen LogP contribution in [0.25, 0.3) is 0 Å². The molecule has 112 valence electrons. The lowest BCUT2D eigenvalue weighted by atomic mass is 10.2. The van der Waals surface area contributed by atoms with Crippen molar-refractivity contribution in [2.75, 3.05) is 17.7 Å². The second-order valence-electron chi connectivity index (χ2n) is 4.75. The molecule has 0 aliphatic carbocycles. The van der Waals surface area contributed by atoms with E-state index in [2.05, 4.69) is 0 Å². The molecule has 2 aromatic rings. The van der Waals surface area contributed by atoms with E-state index in [1.54, 1.807) is 24.3 Å². The zero-order chi connectivity index (χ0) is 15.6.